The zero-order valence-corrected chi connectivity index (χ0v) is 23.1. The van der Waals surface area contributed by atoms with Crippen LogP contribution >= 0.6 is 23.4 Å². The number of nitrogens with zero attached hydrogens (tertiary/aromatic N) is 1. The van der Waals surface area contributed by atoms with Crippen LogP contribution in [0.25, 0.3) is 22.5 Å². The van der Waals surface area contributed by atoms with E-state index in [-0.39, 0.29) is 5.91 Å². The average molecular weight is 536 g/mol. The first-order valence-electron chi connectivity index (χ1n) is 12.0. The fourth-order valence-corrected chi connectivity index (χ4v) is 5.03. The van der Waals surface area contributed by atoms with Gasteiger partial charge in [-0.25, -0.2) is 4.98 Å². The first kappa shape index (κ1) is 26.6. The molecule has 1 aromatic heterocycles. The van der Waals surface area contributed by atoms with Crippen molar-refractivity contribution in [3.8, 4) is 34.0 Å². The van der Waals surface area contributed by atoms with E-state index in [9.17, 15) is 4.79 Å². The van der Waals surface area contributed by atoms with Crippen molar-refractivity contribution in [1.82, 2.24) is 9.97 Å². The van der Waals surface area contributed by atoms with Gasteiger partial charge in [-0.15, -0.1) is 0 Å². The summed E-state index contributed by atoms with van der Waals surface area (Å²) in [5.41, 5.74) is 6.68. The number of carbonyl (C=O) groups excluding carboxylic acids is 1. The summed E-state index contributed by atoms with van der Waals surface area (Å²) >= 11 is 7.68. The smallest absolute Gasteiger partial charge is 0.238 e. The Kier molecular flexibility index (Phi) is 8.46. The summed E-state index contributed by atoms with van der Waals surface area (Å²) < 4.78 is 10.7. The van der Waals surface area contributed by atoms with E-state index in [0.29, 0.717) is 33.8 Å². The third-order valence-corrected chi connectivity index (χ3v) is 7.54. The molecule has 0 aliphatic carbocycles. The summed E-state index contributed by atoms with van der Waals surface area (Å²) in [7, 11) is 3.06. The Hall–Kier alpha value is -3.42. The molecule has 6 nitrogen and oxygen atoms in total. The fraction of sp³-hybridized carbons (Fsp3) is 0.241. The quantitative estimate of drug-likeness (QED) is 0.216. The Morgan fingerprint density at radius 1 is 0.973 bits per heavy atom. The Bertz CT molecular complexity index is 1320. The molecule has 0 saturated carbocycles. The second-order valence-corrected chi connectivity index (χ2v) is 10.3. The number of H-pyrrole nitrogens is 1. The van der Waals surface area contributed by atoms with Crippen molar-refractivity contribution in [3.05, 3.63) is 76.8 Å². The summed E-state index contributed by atoms with van der Waals surface area (Å²) in [4.78, 5) is 21.7. The van der Waals surface area contributed by atoms with E-state index < -0.39 is 5.25 Å². The lowest BCUT2D eigenvalue weighted by Gasteiger charge is -2.16. The van der Waals surface area contributed by atoms with E-state index in [1.165, 1.54) is 37.1 Å². The average Bonchev–Trinajstić information content (AvgIpc) is 3.32. The third-order valence-electron chi connectivity index (χ3n) is 6.00. The van der Waals surface area contributed by atoms with Crippen molar-refractivity contribution < 1.29 is 14.3 Å². The first-order valence-corrected chi connectivity index (χ1v) is 13.2. The predicted molar refractivity (Wildman–Crippen MR) is 152 cm³/mol. The lowest BCUT2D eigenvalue weighted by atomic mass is 10.0. The van der Waals surface area contributed by atoms with Gasteiger partial charge in [0.1, 0.15) is 11.5 Å². The first-order chi connectivity index (χ1) is 17.8. The number of carbonyl (C=O) groups is 1. The molecule has 0 saturated heterocycles. The van der Waals surface area contributed by atoms with Crippen LogP contribution in [0.15, 0.2) is 65.8 Å². The van der Waals surface area contributed by atoms with Gasteiger partial charge < -0.3 is 19.8 Å². The molecule has 0 spiro atoms. The van der Waals surface area contributed by atoms with Crippen molar-refractivity contribution in [2.75, 3.05) is 19.5 Å². The number of hydrogen-bond donors (Lipinski definition) is 2. The summed E-state index contributed by atoms with van der Waals surface area (Å²) in [6, 6.07) is 19.9. The van der Waals surface area contributed by atoms with Gasteiger partial charge >= 0.3 is 0 Å². The van der Waals surface area contributed by atoms with Crippen molar-refractivity contribution >= 4 is 35.0 Å². The maximum atomic E-state index is 13.3. The molecule has 1 amide bonds. The summed E-state index contributed by atoms with van der Waals surface area (Å²) in [5.74, 6) is 0.772. The van der Waals surface area contributed by atoms with Crippen LogP contribution in [-0.2, 0) is 4.79 Å². The molecule has 1 heterocycles. The Balaban J connectivity index is 1.63. The lowest BCUT2D eigenvalue weighted by molar-refractivity contribution is -0.115. The number of methoxy groups -OCH3 is 2. The number of amides is 1. The minimum Gasteiger partial charge on any atom is -0.495 e. The van der Waals surface area contributed by atoms with Crippen LogP contribution in [-0.4, -0.2) is 35.3 Å². The maximum absolute atomic E-state index is 13.3. The highest BCUT2D eigenvalue weighted by Crippen LogP contribution is 2.38. The molecule has 3 aromatic carbocycles. The maximum Gasteiger partial charge on any atom is 0.238 e. The molecule has 0 bridgehead atoms. The van der Waals surface area contributed by atoms with E-state index in [4.69, 9.17) is 26.1 Å². The van der Waals surface area contributed by atoms with E-state index in [0.717, 1.165) is 22.5 Å². The molecule has 4 rings (SSSR count). The van der Waals surface area contributed by atoms with Crippen molar-refractivity contribution in [2.24, 2.45) is 0 Å². The summed E-state index contributed by atoms with van der Waals surface area (Å²) in [6.45, 7) is 6.10. The SMILES string of the molecule is CCC(Sc1nc(-c2ccc(C)cc2)c(-c2ccc(C)cc2)[nH]1)C(=O)Nc1cc(Cl)c(OC)cc1OC. The minimum absolute atomic E-state index is 0.169. The Morgan fingerprint density at radius 2 is 1.57 bits per heavy atom. The molecule has 0 radical (unpaired) electrons. The number of imidazole rings is 1. The number of aryl methyl sites for hydroxylation is 2. The summed E-state index contributed by atoms with van der Waals surface area (Å²) in [6.07, 6.45) is 0.600. The second-order valence-electron chi connectivity index (χ2n) is 8.69. The number of nitrogens with one attached hydrogen (secondary N) is 2. The predicted octanol–water partition coefficient (Wildman–Crippen LogP) is 7.54. The number of aromatic amines is 1. The molecule has 1 atom stereocenters. The lowest BCUT2D eigenvalue weighted by Crippen LogP contribution is -2.25. The van der Waals surface area contributed by atoms with Crippen LogP contribution in [0.4, 0.5) is 5.69 Å². The number of benzene rings is 3. The largest absolute Gasteiger partial charge is 0.495 e. The van der Waals surface area contributed by atoms with E-state index in [1.807, 2.05) is 6.92 Å². The Labute approximate surface area is 226 Å². The minimum atomic E-state index is -0.395. The normalized spacial score (nSPS) is 11.7. The molecule has 0 fully saturated rings. The molecular weight excluding hydrogens is 506 g/mol. The van der Waals surface area contributed by atoms with Gasteiger partial charge in [0.2, 0.25) is 5.91 Å². The molecule has 2 N–H and O–H groups in total. The van der Waals surface area contributed by atoms with Gasteiger partial charge in [0.25, 0.3) is 0 Å². The van der Waals surface area contributed by atoms with Crippen molar-refractivity contribution in [1.29, 1.82) is 0 Å². The number of thioether (sulfide) groups is 1. The highest BCUT2D eigenvalue weighted by Gasteiger charge is 2.23. The van der Waals surface area contributed by atoms with E-state index in [1.54, 1.807) is 12.1 Å². The molecule has 37 heavy (non-hydrogen) atoms. The molecule has 4 aromatic rings. The van der Waals surface area contributed by atoms with Gasteiger partial charge in [-0.3, -0.25) is 4.79 Å². The van der Waals surface area contributed by atoms with Crippen LogP contribution in [0.2, 0.25) is 5.02 Å². The standard InChI is InChI=1S/C29H30ClN3O3S/c1-6-25(28(34)31-22-15-21(30)23(35-4)16-24(22)36-5)37-29-32-26(19-11-7-17(2)8-12-19)27(33-29)20-13-9-18(3)10-14-20/h7-16,25H,6H2,1-5H3,(H,31,34)(H,32,33). The highest BCUT2D eigenvalue weighted by atomic mass is 35.5. The highest BCUT2D eigenvalue weighted by molar-refractivity contribution is 8.00. The molecule has 192 valence electrons. The number of ether oxygens (including phenoxy) is 2. The van der Waals surface area contributed by atoms with Crippen molar-refractivity contribution in [2.45, 2.75) is 37.6 Å². The van der Waals surface area contributed by atoms with E-state index in [2.05, 4.69) is 72.7 Å². The van der Waals surface area contributed by atoms with E-state index >= 15 is 0 Å². The topological polar surface area (TPSA) is 76.2 Å². The molecular formula is C29H30ClN3O3S. The van der Waals surface area contributed by atoms with Crippen molar-refractivity contribution in [3.63, 3.8) is 0 Å². The molecule has 1 unspecified atom stereocenters. The van der Waals surface area contributed by atoms with Gasteiger partial charge in [-0.05, 0) is 26.3 Å². The molecule has 0 aliphatic rings. The van der Waals surface area contributed by atoms with Crippen LogP contribution in [0.1, 0.15) is 24.5 Å². The number of hydrogen-bond acceptors (Lipinski definition) is 5. The van der Waals surface area contributed by atoms with Crippen LogP contribution in [0.3, 0.4) is 0 Å². The van der Waals surface area contributed by atoms with Crippen LogP contribution < -0.4 is 14.8 Å². The monoisotopic (exact) mass is 535 g/mol. The van der Waals surface area contributed by atoms with Gasteiger partial charge in [0.05, 0.1) is 41.6 Å². The zero-order chi connectivity index (χ0) is 26.5. The number of anilines is 1. The summed E-state index contributed by atoms with van der Waals surface area (Å²) in [5, 5.41) is 3.62. The number of rotatable bonds is 9. The number of halogens is 1. The van der Waals surface area contributed by atoms with Crippen LogP contribution in [0, 0.1) is 13.8 Å². The fourth-order valence-electron chi connectivity index (χ4n) is 3.88. The van der Waals surface area contributed by atoms with Crippen LogP contribution in [0.5, 0.6) is 11.5 Å². The molecule has 0 aliphatic heterocycles. The van der Waals surface area contributed by atoms with Gasteiger partial charge in [0, 0.05) is 17.2 Å². The van der Waals surface area contributed by atoms with Gasteiger partial charge in [0.15, 0.2) is 5.16 Å². The second kappa shape index (κ2) is 11.8. The van der Waals surface area contributed by atoms with Gasteiger partial charge in [-0.1, -0.05) is 89.9 Å². The molecule has 8 heteroatoms. The Morgan fingerprint density at radius 3 is 2.14 bits per heavy atom. The number of aromatic nitrogens is 2. The zero-order valence-electron chi connectivity index (χ0n) is 21.5. The third kappa shape index (κ3) is 6.12. The van der Waals surface area contributed by atoms with Gasteiger partial charge in [-0.2, -0.15) is 0 Å².